The second-order valence-corrected chi connectivity index (χ2v) is 6.47. The quantitative estimate of drug-likeness (QED) is 0.721. The normalized spacial score (nSPS) is 11.1. The average Bonchev–Trinajstić information content (AvgIpc) is 2.14. The molecular weight excluding hydrogens is 272 g/mol. The van der Waals surface area contributed by atoms with Gasteiger partial charge in [-0.3, -0.25) is 9.59 Å². The lowest BCUT2D eigenvalue weighted by molar-refractivity contribution is -0.140. The van der Waals surface area contributed by atoms with Crippen molar-refractivity contribution in [2.75, 3.05) is 27.2 Å². The third-order valence-corrected chi connectivity index (χ3v) is 2.45. The Balaban J connectivity index is 4.62. The first kappa shape index (κ1) is 15.4. The minimum absolute atomic E-state index is 0.0513. The van der Waals surface area contributed by atoms with Crippen molar-refractivity contribution in [3.63, 3.8) is 0 Å². The van der Waals surface area contributed by atoms with Gasteiger partial charge in [-0.2, -0.15) is 0 Å². The molecule has 0 radical (unpaired) electrons. The Labute approximate surface area is 106 Å². The lowest BCUT2D eigenvalue weighted by Gasteiger charge is -2.28. The minimum Gasteiger partial charge on any atom is -0.347 e. The van der Waals surface area contributed by atoms with Gasteiger partial charge in [0.2, 0.25) is 11.8 Å². The molecule has 0 N–H and O–H groups in total. The van der Waals surface area contributed by atoms with Gasteiger partial charge in [0, 0.05) is 20.6 Å². The van der Waals surface area contributed by atoms with Gasteiger partial charge in [-0.15, -0.1) is 0 Å². The van der Waals surface area contributed by atoms with Crippen molar-refractivity contribution in [3.8, 4) is 0 Å². The highest BCUT2D eigenvalue weighted by molar-refractivity contribution is 9.10. The van der Waals surface area contributed by atoms with Crippen LogP contribution in [-0.2, 0) is 9.59 Å². The standard InChI is InChI=1S/C11H21BrN2O2/c1-6-7-14(8-9(15)13(4)5)10(16)11(2,3)12/h6-8H2,1-5H3. The molecule has 5 heteroatoms. The zero-order chi connectivity index (χ0) is 12.9. The number of halogens is 1. The maximum atomic E-state index is 12.0. The van der Waals surface area contributed by atoms with Gasteiger partial charge in [0.1, 0.15) is 0 Å². The number of hydrogen-bond acceptors (Lipinski definition) is 2. The number of likely N-dealkylation sites (N-methyl/N-ethyl adjacent to an activating group) is 1. The van der Waals surface area contributed by atoms with Crippen LogP contribution in [0.2, 0.25) is 0 Å². The van der Waals surface area contributed by atoms with Crippen molar-refractivity contribution in [2.24, 2.45) is 0 Å². The van der Waals surface area contributed by atoms with Gasteiger partial charge in [0.25, 0.3) is 0 Å². The first-order valence-electron chi connectivity index (χ1n) is 5.38. The van der Waals surface area contributed by atoms with Crippen molar-refractivity contribution >= 4 is 27.7 Å². The molecule has 0 rings (SSSR count). The van der Waals surface area contributed by atoms with Gasteiger partial charge in [0.15, 0.2) is 0 Å². The molecule has 0 fully saturated rings. The van der Waals surface area contributed by atoms with Gasteiger partial charge in [-0.1, -0.05) is 22.9 Å². The van der Waals surface area contributed by atoms with E-state index in [9.17, 15) is 9.59 Å². The van der Waals surface area contributed by atoms with E-state index in [2.05, 4.69) is 15.9 Å². The van der Waals surface area contributed by atoms with Crippen LogP contribution in [0.3, 0.4) is 0 Å². The molecule has 0 bridgehead atoms. The van der Waals surface area contributed by atoms with Crippen LogP contribution in [0, 0.1) is 0 Å². The third kappa shape index (κ3) is 4.96. The molecule has 4 nitrogen and oxygen atoms in total. The molecular formula is C11H21BrN2O2. The van der Waals surface area contributed by atoms with E-state index >= 15 is 0 Å². The number of rotatable bonds is 5. The van der Waals surface area contributed by atoms with Crippen LogP contribution < -0.4 is 0 Å². The number of carbonyl (C=O) groups is 2. The van der Waals surface area contributed by atoms with Gasteiger partial charge in [-0.05, 0) is 20.3 Å². The Kier molecular flexibility index (Phi) is 6.00. The van der Waals surface area contributed by atoms with Gasteiger partial charge in [-0.25, -0.2) is 0 Å². The molecule has 0 aromatic carbocycles. The average molecular weight is 293 g/mol. The van der Waals surface area contributed by atoms with Crippen LogP contribution in [0.4, 0.5) is 0 Å². The second kappa shape index (κ2) is 6.23. The molecule has 0 aliphatic heterocycles. The van der Waals surface area contributed by atoms with Gasteiger partial charge < -0.3 is 9.80 Å². The predicted molar refractivity (Wildman–Crippen MR) is 68.6 cm³/mol. The SMILES string of the molecule is CCCN(CC(=O)N(C)C)C(=O)C(C)(C)Br. The van der Waals surface area contributed by atoms with Gasteiger partial charge >= 0.3 is 0 Å². The molecule has 16 heavy (non-hydrogen) atoms. The third-order valence-electron chi connectivity index (χ3n) is 2.11. The monoisotopic (exact) mass is 292 g/mol. The Morgan fingerprint density at radius 1 is 1.25 bits per heavy atom. The van der Waals surface area contributed by atoms with Crippen LogP contribution in [-0.4, -0.2) is 53.1 Å². The smallest absolute Gasteiger partial charge is 0.241 e. The Morgan fingerprint density at radius 3 is 2.06 bits per heavy atom. The summed E-state index contributed by atoms with van der Waals surface area (Å²) < 4.78 is -0.616. The first-order chi connectivity index (χ1) is 7.20. The van der Waals surface area contributed by atoms with Crippen LogP contribution >= 0.6 is 15.9 Å². The summed E-state index contributed by atoms with van der Waals surface area (Å²) in [5.74, 6) is -0.108. The van der Waals surface area contributed by atoms with Crippen molar-refractivity contribution in [1.82, 2.24) is 9.80 Å². The highest BCUT2D eigenvalue weighted by Crippen LogP contribution is 2.19. The number of carbonyl (C=O) groups excluding carboxylic acids is 2. The lowest BCUT2D eigenvalue weighted by atomic mass is 10.2. The van der Waals surface area contributed by atoms with Crippen LogP contribution in [0.25, 0.3) is 0 Å². The molecule has 2 amide bonds. The van der Waals surface area contributed by atoms with E-state index in [0.717, 1.165) is 6.42 Å². The summed E-state index contributed by atoms with van der Waals surface area (Å²) >= 11 is 3.33. The number of nitrogens with zero attached hydrogens (tertiary/aromatic N) is 2. The highest BCUT2D eigenvalue weighted by atomic mass is 79.9. The molecule has 0 aliphatic carbocycles. The fraction of sp³-hybridized carbons (Fsp3) is 0.818. The van der Waals surface area contributed by atoms with E-state index < -0.39 is 4.32 Å². The van der Waals surface area contributed by atoms with Crippen molar-refractivity contribution in [2.45, 2.75) is 31.5 Å². The molecule has 94 valence electrons. The van der Waals surface area contributed by atoms with Crippen LogP contribution in [0.15, 0.2) is 0 Å². The lowest BCUT2D eigenvalue weighted by Crippen LogP contribution is -2.46. The summed E-state index contributed by atoms with van der Waals surface area (Å²) in [6, 6.07) is 0. The van der Waals surface area contributed by atoms with E-state index in [-0.39, 0.29) is 18.4 Å². The Morgan fingerprint density at radius 2 is 1.75 bits per heavy atom. The maximum absolute atomic E-state index is 12.0. The number of alkyl halides is 1. The largest absolute Gasteiger partial charge is 0.347 e. The summed E-state index contributed by atoms with van der Waals surface area (Å²) in [7, 11) is 3.38. The van der Waals surface area contributed by atoms with Crippen molar-refractivity contribution in [3.05, 3.63) is 0 Å². The Hall–Kier alpha value is -0.580. The van der Waals surface area contributed by atoms with Crippen molar-refractivity contribution < 1.29 is 9.59 Å². The molecule has 0 aromatic rings. The van der Waals surface area contributed by atoms with E-state index in [1.54, 1.807) is 32.8 Å². The van der Waals surface area contributed by atoms with E-state index in [0.29, 0.717) is 6.54 Å². The molecule has 0 spiro atoms. The van der Waals surface area contributed by atoms with E-state index in [4.69, 9.17) is 0 Å². The summed E-state index contributed by atoms with van der Waals surface area (Å²) in [5.41, 5.74) is 0. The number of hydrogen-bond donors (Lipinski definition) is 0. The summed E-state index contributed by atoms with van der Waals surface area (Å²) in [6.07, 6.45) is 0.843. The summed E-state index contributed by atoms with van der Waals surface area (Å²) in [4.78, 5) is 26.7. The van der Waals surface area contributed by atoms with Crippen molar-refractivity contribution in [1.29, 1.82) is 0 Å². The number of amides is 2. The van der Waals surface area contributed by atoms with E-state index in [1.807, 2.05) is 6.92 Å². The van der Waals surface area contributed by atoms with Crippen LogP contribution in [0.1, 0.15) is 27.2 Å². The second-order valence-electron chi connectivity index (χ2n) is 4.49. The topological polar surface area (TPSA) is 40.6 Å². The van der Waals surface area contributed by atoms with E-state index in [1.165, 1.54) is 4.90 Å². The first-order valence-corrected chi connectivity index (χ1v) is 6.17. The maximum Gasteiger partial charge on any atom is 0.241 e. The highest BCUT2D eigenvalue weighted by Gasteiger charge is 2.29. The summed E-state index contributed by atoms with van der Waals surface area (Å²) in [6.45, 7) is 6.32. The fourth-order valence-electron chi connectivity index (χ4n) is 1.20. The minimum atomic E-state index is -0.616. The predicted octanol–water partition coefficient (Wildman–Crippen LogP) is 1.49. The molecule has 0 saturated carbocycles. The molecule has 0 aliphatic rings. The molecule has 0 heterocycles. The molecule has 0 atom stereocenters. The zero-order valence-electron chi connectivity index (χ0n) is 10.7. The molecule has 0 saturated heterocycles. The molecule has 0 aromatic heterocycles. The van der Waals surface area contributed by atoms with Gasteiger partial charge in [0.05, 0.1) is 10.9 Å². The summed E-state index contributed by atoms with van der Waals surface area (Å²) in [5, 5.41) is 0. The molecule has 0 unspecified atom stereocenters. The van der Waals surface area contributed by atoms with Crippen LogP contribution in [0.5, 0.6) is 0 Å². The zero-order valence-corrected chi connectivity index (χ0v) is 12.3. The Bertz CT molecular complexity index is 259. The fourth-order valence-corrected chi connectivity index (χ4v) is 1.45.